The van der Waals surface area contributed by atoms with Crippen LogP contribution in [0, 0.1) is 11.6 Å². The molecular formula is C29H24F2N2O4. The fourth-order valence-corrected chi connectivity index (χ4v) is 4.48. The number of amides is 2. The number of rotatable bonds is 6. The average molecular weight is 503 g/mol. The number of hydrogen-bond donors (Lipinski definition) is 1. The molecule has 1 aliphatic rings. The molecule has 1 unspecified atom stereocenters. The highest BCUT2D eigenvalue weighted by Gasteiger charge is 2.31. The van der Waals surface area contributed by atoms with Crippen molar-refractivity contribution in [1.29, 1.82) is 0 Å². The second-order valence-corrected chi connectivity index (χ2v) is 8.79. The lowest BCUT2D eigenvalue weighted by Gasteiger charge is -2.37. The first-order valence-electron chi connectivity index (χ1n) is 11.8. The van der Waals surface area contributed by atoms with E-state index in [-0.39, 0.29) is 30.1 Å². The zero-order chi connectivity index (χ0) is 25.9. The molecule has 3 aromatic carbocycles. The van der Waals surface area contributed by atoms with Gasteiger partial charge in [-0.25, -0.2) is 8.78 Å². The van der Waals surface area contributed by atoms with Crippen molar-refractivity contribution in [3.8, 4) is 5.75 Å². The fourth-order valence-electron chi connectivity index (χ4n) is 4.48. The largest absolute Gasteiger partial charge is 0.486 e. The summed E-state index contributed by atoms with van der Waals surface area (Å²) in [4.78, 5) is 26.6. The highest BCUT2D eigenvalue weighted by Crippen LogP contribution is 2.37. The van der Waals surface area contributed by atoms with Crippen molar-refractivity contribution in [3.63, 3.8) is 0 Å². The Labute approximate surface area is 212 Å². The first kappa shape index (κ1) is 24.2. The van der Waals surface area contributed by atoms with Gasteiger partial charge in [0.2, 0.25) is 5.91 Å². The number of ether oxygens (including phenoxy) is 1. The summed E-state index contributed by atoms with van der Waals surface area (Å²) in [5, 5.41) is 2.65. The summed E-state index contributed by atoms with van der Waals surface area (Å²) in [5.74, 6) is -0.133. The minimum atomic E-state index is -0.460. The summed E-state index contributed by atoms with van der Waals surface area (Å²) in [6.45, 7) is 2.18. The summed E-state index contributed by atoms with van der Waals surface area (Å²) in [7, 11) is 0. The van der Waals surface area contributed by atoms with Crippen LogP contribution in [0.1, 0.15) is 46.0 Å². The number of benzene rings is 3. The van der Waals surface area contributed by atoms with Crippen molar-refractivity contribution < 1.29 is 27.5 Å². The number of furan rings is 1. The Morgan fingerprint density at radius 3 is 2.38 bits per heavy atom. The average Bonchev–Trinajstić information content (AvgIpc) is 3.38. The van der Waals surface area contributed by atoms with Gasteiger partial charge in [0.25, 0.3) is 5.91 Å². The van der Waals surface area contributed by atoms with Crippen LogP contribution in [0.4, 0.5) is 14.5 Å². The smallest absolute Gasteiger partial charge is 0.291 e. The summed E-state index contributed by atoms with van der Waals surface area (Å²) >= 11 is 0. The number of carbonyl (C=O) groups is 2. The lowest BCUT2D eigenvalue weighted by molar-refractivity contribution is -0.130. The standard InChI is InChI=1S/C29H24F2N2O4/c1-18(34)33-15-14-19-4-11-24(16-26(19)28(33)20-2-5-21(30)6-3-20)36-17-25-12-13-27(37-25)29(35)32-23-9-7-22(31)8-10-23/h2-13,16,28H,14-15,17H2,1H3,(H,32,35). The molecule has 2 amide bonds. The Bertz CT molecular complexity index is 1430. The molecule has 1 aromatic heterocycles. The first-order chi connectivity index (χ1) is 17.9. The molecule has 0 saturated carbocycles. The highest BCUT2D eigenvalue weighted by molar-refractivity contribution is 6.02. The number of nitrogens with one attached hydrogen (secondary N) is 1. The molecule has 2 heterocycles. The van der Waals surface area contributed by atoms with E-state index in [9.17, 15) is 18.4 Å². The molecule has 0 radical (unpaired) electrons. The van der Waals surface area contributed by atoms with Gasteiger partial charge in [-0.15, -0.1) is 0 Å². The molecule has 0 fully saturated rings. The highest BCUT2D eigenvalue weighted by atomic mass is 19.1. The number of halogens is 2. The van der Waals surface area contributed by atoms with Crippen LogP contribution in [0.5, 0.6) is 5.75 Å². The van der Waals surface area contributed by atoms with E-state index in [1.807, 2.05) is 18.2 Å². The van der Waals surface area contributed by atoms with Crippen LogP contribution < -0.4 is 10.1 Å². The molecule has 1 atom stereocenters. The van der Waals surface area contributed by atoms with Gasteiger partial charge in [0.15, 0.2) is 5.76 Å². The lowest BCUT2D eigenvalue weighted by atomic mass is 9.88. The molecule has 5 rings (SSSR count). The number of anilines is 1. The predicted molar refractivity (Wildman–Crippen MR) is 133 cm³/mol. The molecule has 1 aliphatic heterocycles. The molecule has 6 nitrogen and oxygen atoms in total. The monoisotopic (exact) mass is 502 g/mol. The minimum absolute atomic E-state index is 0.0617. The Kier molecular flexibility index (Phi) is 6.72. The van der Waals surface area contributed by atoms with E-state index in [2.05, 4.69) is 5.32 Å². The zero-order valence-corrected chi connectivity index (χ0v) is 20.0. The minimum Gasteiger partial charge on any atom is -0.486 e. The second kappa shape index (κ2) is 10.3. The quantitative estimate of drug-likeness (QED) is 0.357. The van der Waals surface area contributed by atoms with E-state index in [0.717, 1.165) is 16.7 Å². The molecule has 0 aliphatic carbocycles. The Balaban J connectivity index is 1.31. The van der Waals surface area contributed by atoms with Gasteiger partial charge in [-0.1, -0.05) is 18.2 Å². The van der Waals surface area contributed by atoms with E-state index in [1.165, 1.54) is 43.3 Å². The van der Waals surface area contributed by atoms with E-state index < -0.39 is 11.7 Å². The maximum Gasteiger partial charge on any atom is 0.291 e. The molecule has 188 valence electrons. The van der Waals surface area contributed by atoms with Crippen molar-refractivity contribution in [2.75, 3.05) is 11.9 Å². The molecule has 0 bridgehead atoms. The maximum absolute atomic E-state index is 13.6. The Hall–Kier alpha value is -4.46. The summed E-state index contributed by atoms with van der Waals surface area (Å²) in [6.07, 6.45) is 0.706. The maximum atomic E-state index is 13.6. The summed E-state index contributed by atoms with van der Waals surface area (Å²) in [6, 6.07) is 20.2. The van der Waals surface area contributed by atoms with Gasteiger partial charge in [-0.2, -0.15) is 0 Å². The molecule has 37 heavy (non-hydrogen) atoms. The Morgan fingerprint density at radius 2 is 1.68 bits per heavy atom. The molecule has 1 N–H and O–H groups in total. The van der Waals surface area contributed by atoms with Gasteiger partial charge in [0.1, 0.15) is 29.8 Å². The molecule has 4 aromatic rings. The Morgan fingerprint density at radius 1 is 0.973 bits per heavy atom. The number of carbonyl (C=O) groups excluding carboxylic acids is 2. The first-order valence-corrected chi connectivity index (χ1v) is 11.8. The van der Waals surface area contributed by atoms with Crippen LogP contribution in [0.25, 0.3) is 0 Å². The van der Waals surface area contributed by atoms with Crippen molar-refractivity contribution in [2.45, 2.75) is 26.0 Å². The van der Waals surface area contributed by atoms with Crippen molar-refractivity contribution in [2.24, 2.45) is 0 Å². The van der Waals surface area contributed by atoms with Crippen molar-refractivity contribution in [1.82, 2.24) is 4.90 Å². The SMILES string of the molecule is CC(=O)N1CCc2ccc(OCc3ccc(C(=O)Nc4ccc(F)cc4)o3)cc2C1c1ccc(F)cc1. The van der Waals surface area contributed by atoms with Crippen molar-refractivity contribution >= 4 is 17.5 Å². The predicted octanol–water partition coefficient (Wildman–Crippen LogP) is 5.88. The lowest BCUT2D eigenvalue weighted by Crippen LogP contribution is -2.39. The van der Waals surface area contributed by atoms with Gasteiger partial charge in [0, 0.05) is 19.2 Å². The van der Waals surface area contributed by atoms with Crippen LogP contribution in [-0.4, -0.2) is 23.3 Å². The van der Waals surface area contributed by atoms with Gasteiger partial charge < -0.3 is 19.4 Å². The topological polar surface area (TPSA) is 71.8 Å². The molecule has 8 heteroatoms. The van der Waals surface area contributed by atoms with E-state index in [4.69, 9.17) is 9.15 Å². The van der Waals surface area contributed by atoms with E-state index in [0.29, 0.717) is 30.2 Å². The van der Waals surface area contributed by atoms with Gasteiger partial charge in [0.05, 0.1) is 6.04 Å². The molecule has 0 saturated heterocycles. The van der Waals surface area contributed by atoms with E-state index >= 15 is 0 Å². The molecular weight excluding hydrogens is 478 g/mol. The number of nitrogens with zero attached hydrogens (tertiary/aromatic N) is 1. The van der Waals surface area contributed by atoms with Crippen LogP contribution in [0.15, 0.2) is 83.3 Å². The number of fused-ring (bicyclic) bond motifs is 1. The van der Waals surface area contributed by atoms with Crippen LogP contribution >= 0.6 is 0 Å². The number of hydrogen-bond acceptors (Lipinski definition) is 4. The van der Waals surface area contributed by atoms with Gasteiger partial charge >= 0.3 is 0 Å². The van der Waals surface area contributed by atoms with Gasteiger partial charge in [-0.05, 0) is 83.8 Å². The normalized spacial score (nSPS) is 14.7. The fraction of sp³-hybridized carbons (Fsp3) is 0.172. The third kappa shape index (κ3) is 5.38. The molecule has 0 spiro atoms. The van der Waals surface area contributed by atoms with Crippen molar-refractivity contribution in [3.05, 3.63) is 119 Å². The van der Waals surface area contributed by atoms with Gasteiger partial charge in [-0.3, -0.25) is 9.59 Å². The zero-order valence-electron chi connectivity index (χ0n) is 20.0. The van der Waals surface area contributed by atoms with E-state index in [1.54, 1.807) is 29.2 Å². The van der Waals surface area contributed by atoms with Crippen LogP contribution in [0.3, 0.4) is 0 Å². The second-order valence-electron chi connectivity index (χ2n) is 8.79. The summed E-state index contributed by atoms with van der Waals surface area (Å²) < 4.78 is 38.2. The third-order valence-corrected chi connectivity index (χ3v) is 6.30. The summed E-state index contributed by atoms with van der Waals surface area (Å²) in [5.41, 5.74) is 3.28. The van der Waals surface area contributed by atoms with Crippen LogP contribution in [0.2, 0.25) is 0 Å². The third-order valence-electron chi connectivity index (χ3n) is 6.30. The van der Waals surface area contributed by atoms with Crippen LogP contribution in [-0.2, 0) is 17.8 Å².